The van der Waals surface area contributed by atoms with Gasteiger partial charge in [0.05, 0.1) is 11.4 Å². The third-order valence-electron chi connectivity index (χ3n) is 3.59. The molecule has 7 heteroatoms. The van der Waals surface area contributed by atoms with Gasteiger partial charge in [0.2, 0.25) is 5.28 Å². The van der Waals surface area contributed by atoms with E-state index in [0.29, 0.717) is 17.9 Å². The molecule has 19 heavy (non-hydrogen) atoms. The molecule has 1 saturated carbocycles. The van der Waals surface area contributed by atoms with Crippen LogP contribution in [0, 0.1) is 5.92 Å². The van der Waals surface area contributed by atoms with Crippen LogP contribution in [0.4, 0.5) is 5.82 Å². The number of hydrogen-bond donors (Lipinski definition) is 1. The molecule has 1 unspecified atom stereocenters. The van der Waals surface area contributed by atoms with Crippen molar-refractivity contribution in [2.45, 2.75) is 43.5 Å². The van der Waals surface area contributed by atoms with E-state index in [-0.39, 0.29) is 22.0 Å². The molecule has 5 nitrogen and oxygen atoms in total. The molecule has 1 aliphatic heterocycles. The molecule has 104 valence electrons. The smallest absolute Gasteiger partial charge is 0.224 e. The Morgan fingerprint density at radius 3 is 2.84 bits per heavy atom. The Morgan fingerprint density at radius 2 is 2.16 bits per heavy atom. The van der Waals surface area contributed by atoms with E-state index < -0.39 is 9.84 Å². The fourth-order valence-electron chi connectivity index (χ4n) is 2.54. The second kappa shape index (κ2) is 4.59. The summed E-state index contributed by atoms with van der Waals surface area (Å²) in [5.74, 6) is 1.24. The number of hydrogen-bond acceptors (Lipinski definition) is 5. The van der Waals surface area contributed by atoms with Crippen LogP contribution in [0.25, 0.3) is 0 Å². The molecule has 2 aliphatic rings. The van der Waals surface area contributed by atoms with Gasteiger partial charge in [-0.05, 0) is 30.9 Å². The summed E-state index contributed by atoms with van der Waals surface area (Å²) in [7, 11) is -3.26. The van der Waals surface area contributed by atoms with Gasteiger partial charge in [-0.25, -0.2) is 13.4 Å². The first-order chi connectivity index (χ1) is 8.95. The van der Waals surface area contributed by atoms with Crippen LogP contribution < -0.4 is 5.32 Å². The predicted molar refractivity (Wildman–Crippen MR) is 73.2 cm³/mol. The van der Waals surface area contributed by atoms with Crippen LogP contribution in [0.3, 0.4) is 0 Å². The molecule has 0 saturated heterocycles. The Balaban J connectivity index is 1.92. The van der Waals surface area contributed by atoms with Crippen molar-refractivity contribution >= 4 is 27.3 Å². The van der Waals surface area contributed by atoms with Crippen molar-refractivity contribution in [2.75, 3.05) is 11.1 Å². The first kappa shape index (κ1) is 13.1. The van der Waals surface area contributed by atoms with Crippen LogP contribution in [-0.4, -0.2) is 30.2 Å². The van der Waals surface area contributed by atoms with E-state index in [0.717, 1.165) is 12.3 Å². The number of nitrogens with zero attached hydrogens (tertiary/aromatic N) is 2. The van der Waals surface area contributed by atoms with Gasteiger partial charge in [-0.15, -0.1) is 0 Å². The zero-order valence-electron chi connectivity index (χ0n) is 10.7. The monoisotopic (exact) mass is 301 g/mol. The lowest BCUT2D eigenvalue weighted by Crippen LogP contribution is -2.19. The standard InChI is InChI=1S/C12H16ClN3O2S/c1-7(6-8-2-3-8)14-11-10-9(15-12(13)16-11)4-5-19(10,17)18/h7-8H,2-6H2,1H3,(H,14,15,16). The SMILES string of the molecule is CC(CC1CC1)Nc1nc(Cl)nc2c1S(=O)(=O)CC2. The third-order valence-corrected chi connectivity index (χ3v) is 5.56. The minimum absolute atomic E-state index is 0.100. The molecule has 2 heterocycles. The quantitative estimate of drug-likeness (QED) is 0.862. The van der Waals surface area contributed by atoms with Gasteiger partial charge in [0.25, 0.3) is 0 Å². The summed E-state index contributed by atoms with van der Waals surface area (Å²) in [6, 6.07) is 0.193. The zero-order valence-corrected chi connectivity index (χ0v) is 12.3. The molecule has 1 aromatic heterocycles. The van der Waals surface area contributed by atoms with Gasteiger partial charge in [0, 0.05) is 12.5 Å². The molecule has 1 aliphatic carbocycles. The predicted octanol–water partition coefficient (Wildman–Crippen LogP) is 2.06. The van der Waals surface area contributed by atoms with Crippen molar-refractivity contribution in [2.24, 2.45) is 5.92 Å². The van der Waals surface area contributed by atoms with Crippen LogP contribution in [0.15, 0.2) is 4.90 Å². The highest BCUT2D eigenvalue weighted by molar-refractivity contribution is 7.91. The minimum Gasteiger partial charge on any atom is -0.366 e. The van der Waals surface area contributed by atoms with Crippen molar-refractivity contribution in [3.05, 3.63) is 11.0 Å². The first-order valence-electron chi connectivity index (χ1n) is 6.51. The van der Waals surface area contributed by atoms with Gasteiger partial charge in [0.15, 0.2) is 9.84 Å². The van der Waals surface area contributed by atoms with Crippen LogP contribution in [0.2, 0.25) is 5.28 Å². The van der Waals surface area contributed by atoms with Gasteiger partial charge in [-0.2, -0.15) is 4.98 Å². The second-order valence-electron chi connectivity index (χ2n) is 5.41. The number of fused-ring (bicyclic) bond motifs is 1. The molecule has 1 aromatic rings. The number of aryl methyl sites for hydroxylation is 1. The highest BCUT2D eigenvalue weighted by Crippen LogP contribution is 2.35. The van der Waals surface area contributed by atoms with Crippen molar-refractivity contribution in [3.8, 4) is 0 Å². The molecule has 1 fully saturated rings. The summed E-state index contributed by atoms with van der Waals surface area (Å²) in [4.78, 5) is 8.35. The summed E-state index contributed by atoms with van der Waals surface area (Å²) in [6.07, 6.45) is 4.00. The van der Waals surface area contributed by atoms with Crippen LogP contribution in [0.1, 0.15) is 31.9 Å². The van der Waals surface area contributed by atoms with Crippen molar-refractivity contribution < 1.29 is 8.42 Å². The van der Waals surface area contributed by atoms with Crippen molar-refractivity contribution in [1.82, 2.24) is 9.97 Å². The minimum atomic E-state index is -3.26. The maximum Gasteiger partial charge on any atom is 0.224 e. The third kappa shape index (κ3) is 2.69. The van der Waals surface area contributed by atoms with Crippen LogP contribution in [0.5, 0.6) is 0 Å². The maximum absolute atomic E-state index is 12.0. The Labute approximate surface area is 117 Å². The summed E-state index contributed by atoms with van der Waals surface area (Å²) in [5, 5.41) is 3.30. The van der Waals surface area contributed by atoms with Gasteiger partial charge in [0.1, 0.15) is 10.7 Å². The summed E-state index contributed by atoms with van der Waals surface area (Å²) < 4.78 is 24.1. The number of sulfone groups is 1. The Hall–Kier alpha value is -0.880. The molecule has 1 atom stereocenters. The van der Waals surface area contributed by atoms with E-state index >= 15 is 0 Å². The van der Waals surface area contributed by atoms with E-state index in [4.69, 9.17) is 11.6 Å². The topological polar surface area (TPSA) is 72.0 Å². The molecule has 0 bridgehead atoms. The Morgan fingerprint density at radius 1 is 1.42 bits per heavy atom. The first-order valence-corrected chi connectivity index (χ1v) is 8.54. The average molecular weight is 302 g/mol. The number of anilines is 1. The molecule has 0 radical (unpaired) electrons. The number of rotatable bonds is 4. The molecule has 0 amide bonds. The molecule has 0 aromatic carbocycles. The highest BCUT2D eigenvalue weighted by atomic mass is 35.5. The summed E-state index contributed by atoms with van der Waals surface area (Å²) >= 11 is 5.87. The Kier molecular flexibility index (Phi) is 3.17. The maximum atomic E-state index is 12.0. The fourth-order valence-corrected chi connectivity index (χ4v) is 4.30. The number of halogens is 1. The van der Waals surface area contributed by atoms with E-state index in [1.807, 2.05) is 6.92 Å². The molecular formula is C12H16ClN3O2S. The van der Waals surface area contributed by atoms with E-state index in [1.54, 1.807) is 0 Å². The Bertz CT molecular complexity index is 614. The van der Waals surface area contributed by atoms with Gasteiger partial charge in [-0.1, -0.05) is 12.8 Å². The summed E-state index contributed by atoms with van der Waals surface area (Å²) in [6.45, 7) is 2.04. The molecular weight excluding hydrogens is 286 g/mol. The lowest BCUT2D eigenvalue weighted by atomic mass is 10.1. The van der Waals surface area contributed by atoms with Crippen molar-refractivity contribution in [1.29, 1.82) is 0 Å². The molecule has 3 rings (SSSR count). The van der Waals surface area contributed by atoms with Crippen molar-refractivity contribution in [3.63, 3.8) is 0 Å². The summed E-state index contributed by atoms with van der Waals surface area (Å²) in [5.41, 5.74) is 0.543. The van der Waals surface area contributed by atoms with Gasteiger partial charge < -0.3 is 5.32 Å². The van der Waals surface area contributed by atoms with E-state index in [1.165, 1.54) is 12.8 Å². The largest absolute Gasteiger partial charge is 0.366 e. The lowest BCUT2D eigenvalue weighted by Gasteiger charge is -2.16. The second-order valence-corrected chi connectivity index (χ2v) is 7.79. The zero-order chi connectivity index (χ0) is 13.6. The molecule has 0 spiro atoms. The highest BCUT2D eigenvalue weighted by Gasteiger charge is 2.33. The number of aromatic nitrogens is 2. The van der Waals surface area contributed by atoms with Gasteiger partial charge >= 0.3 is 0 Å². The lowest BCUT2D eigenvalue weighted by molar-refractivity contribution is 0.599. The van der Waals surface area contributed by atoms with Gasteiger partial charge in [-0.3, -0.25) is 0 Å². The van der Waals surface area contributed by atoms with E-state index in [2.05, 4.69) is 15.3 Å². The normalized spacial score (nSPS) is 22.0. The van der Waals surface area contributed by atoms with E-state index in [9.17, 15) is 8.42 Å². The number of nitrogens with one attached hydrogen (secondary N) is 1. The fraction of sp³-hybridized carbons (Fsp3) is 0.667. The average Bonchev–Trinajstić information content (AvgIpc) is 3.03. The van der Waals surface area contributed by atoms with Crippen LogP contribution in [-0.2, 0) is 16.3 Å². The van der Waals surface area contributed by atoms with Crippen LogP contribution >= 0.6 is 11.6 Å². The molecule has 1 N–H and O–H groups in total.